The number of benzene rings is 1. The summed E-state index contributed by atoms with van der Waals surface area (Å²) in [4.78, 5) is 14.3. The van der Waals surface area contributed by atoms with Gasteiger partial charge in [-0.05, 0) is 19.1 Å². The van der Waals surface area contributed by atoms with Gasteiger partial charge in [-0.2, -0.15) is 5.10 Å². The summed E-state index contributed by atoms with van der Waals surface area (Å²) in [6.45, 7) is 1.23. The predicted octanol–water partition coefficient (Wildman–Crippen LogP) is -2.75. The number of rotatable bonds is 4. The van der Waals surface area contributed by atoms with Crippen molar-refractivity contribution in [1.82, 2.24) is 14.8 Å². The van der Waals surface area contributed by atoms with Crippen molar-refractivity contribution in [2.45, 2.75) is 18.4 Å². The van der Waals surface area contributed by atoms with Crippen LogP contribution in [0, 0.1) is 6.92 Å². The van der Waals surface area contributed by atoms with Gasteiger partial charge in [0.2, 0.25) is 0 Å². The fourth-order valence-electron chi connectivity index (χ4n) is 1.61. The van der Waals surface area contributed by atoms with E-state index in [1.807, 2.05) is 0 Å². The van der Waals surface area contributed by atoms with Crippen LogP contribution in [0.25, 0.3) is 11.4 Å². The normalized spacial score (nSPS) is 11.0. The summed E-state index contributed by atoms with van der Waals surface area (Å²) in [5.41, 5.74) is 0.328. The number of carboxylic acids is 1. The molecule has 0 saturated carbocycles. The van der Waals surface area contributed by atoms with Crippen LogP contribution in [0.1, 0.15) is 5.82 Å². The smallest absolute Gasteiger partial charge is 0.744 e. The first-order valence-electron chi connectivity index (χ1n) is 5.47. The van der Waals surface area contributed by atoms with Crippen LogP contribution in [0.2, 0.25) is 0 Å². The molecule has 0 amide bonds. The van der Waals surface area contributed by atoms with Gasteiger partial charge in [0.1, 0.15) is 22.5 Å². The Labute approximate surface area is 163 Å². The maximum absolute atomic E-state index is 11.0. The fraction of sp³-hybridized carbons (Fsp3) is 0.182. The zero-order valence-electron chi connectivity index (χ0n) is 11.3. The molecule has 1 heterocycles. The van der Waals surface area contributed by atoms with Crippen molar-refractivity contribution in [2.75, 3.05) is 0 Å². The molecule has 0 spiro atoms. The SMILES string of the molecule is Cc1nc(-c2cccc(S(=O)(=O)[O-])c2)nn1CC(=O)O.[K+]. The van der Waals surface area contributed by atoms with E-state index in [-0.39, 0.29) is 68.6 Å². The molecule has 0 atom stereocenters. The van der Waals surface area contributed by atoms with E-state index in [2.05, 4.69) is 10.1 Å². The third-order valence-electron chi connectivity index (χ3n) is 2.52. The number of carboxylic acid groups (broad SMARTS) is 1. The Morgan fingerprint density at radius 1 is 1.43 bits per heavy atom. The van der Waals surface area contributed by atoms with Crippen LogP contribution in [0.5, 0.6) is 0 Å². The van der Waals surface area contributed by atoms with E-state index in [0.29, 0.717) is 11.4 Å². The maximum Gasteiger partial charge on any atom is 1.00 e. The summed E-state index contributed by atoms with van der Waals surface area (Å²) in [5, 5.41) is 12.7. The fourth-order valence-corrected chi connectivity index (χ4v) is 2.13. The minimum Gasteiger partial charge on any atom is -0.744 e. The number of carbonyl (C=O) groups is 1. The first-order chi connectivity index (χ1) is 9.27. The van der Waals surface area contributed by atoms with Crippen molar-refractivity contribution >= 4 is 16.1 Å². The van der Waals surface area contributed by atoms with Gasteiger partial charge < -0.3 is 9.66 Å². The molecule has 1 N–H and O–H groups in total. The molecule has 21 heavy (non-hydrogen) atoms. The Kier molecular flexibility index (Phi) is 6.22. The van der Waals surface area contributed by atoms with Crippen LogP contribution in [-0.2, 0) is 21.5 Å². The largest absolute Gasteiger partial charge is 1.00 e. The third kappa shape index (κ3) is 4.67. The van der Waals surface area contributed by atoms with Crippen LogP contribution in [0.4, 0.5) is 0 Å². The molecule has 0 radical (unpaired) electrons. The second kappa shape index (κ2) is 7.09. The number of aromatic nitrogens is 3. The van der Waals surface area contributed by atoms with Crippen LogP contribution < -0.4 is 51.4 Å². The van der Waals surface area contributed by atoms with E-state index in [1.165, 1.54) is 22.9 Å². The van der Waals surface area contributed by atoms with Gasteiger partial charge in [0.05, 0.1) is 4.90 Å². The van der Waals surface area contributed by atoms with Crippen molar-refractivity contribution in [2.24, 2.45) is 0 Å². The van der Waals surface area contributed by atoms with E-state index < -0.39 is 16.1 Å². The Balaban J connectivity index is 0.00000220. The van der Waals surface area contributed by atoms with Gasteiger partial charge in [0.25, 0.3) is 0 Å². The average molecular weight is 335 g/mol. The van der Waals surface area contributed by atoms with Gasteiger partial charge in [0, 0.05) is 5.56 Å². The minimum absolute atomic E-state index is 0. The first-order valence-corrected chi connectivity index (χ1v) is 6.88. The summed E-state index contributed by atoms with van der Waals surface area (Å²) in [6.07, 6.45) is 0. The number of aliphatic carboxylic acids is 1. The van der Waals surface area contributed by atoms with Gasteiger partial charge in [-0.1, -0.05) is 12.1 Å². The van der Waals surface area contributed by atoms with Crippen molar-refractivity contribution in [3.05, 3.63) is 30.1 Å². The van der Waals surface area contributed by atoms with Gasteiger partial charge in [-0.15, -0.1) is 0 Å². The molecule has 0 saturated heterocycles. The summed E-state index contributed by atoms with van der Waals surface area (Å²) < 4.78 is 34.0. The standard InChI is InChI=1S/C11H11N3O5S.K/c1-7-12-11(13-14(7)6-10(15)16)8-3-2-4-9(5-8)20(17,18)19;/h2-5H,6H2,1H3,(H,15,16)(H,17,18,19);/q;+1/p-1. The molecule has 0 unspecified atom stereocenters. The zero-order chi connectivity index (χ0) is 14.9. The molecule has 0 aliphatic heterocycles. The molecule has 10 heteroatoms. The second-order valence-corrected chi connectivity index (χ2v) is 5.40. The number of aryl methyl sites for hydroxylation is 1. The molecule has 2 aromatic rings. The van der Waals surface area contributed by atoms with E-state index in [9.17, 15) is 17.8 Å². The number of hydrogen-bond acceptors (Lipinski definition) is 6. The van der Waals surface area contributed by atoms with Gasteiger partial charge in [-0.3, -0.25) is 4.79 Å². The van der Waals surface area contributed by atoms with Crippen molar-refractivity contribution in [3.63, 3.8) is 0 Å². The maximum atomic E-state index is 11.0. The molecular weight excluding hydrogens is 325 g/mol. The average Bonchev–Trinajstić information content (AvgIpc) is 2.69. The topological polar surface area (TPSA) is 125 Å². The van der Waals surface area contributed by atoms with Crippen LogP contribution in [0.15, 0.2) is 29.2 Å². The Morgan fingerprint density at radius 2 is 2.10 bits per heavy atom. The quantitative estimate of drug-likeness (QED) is 0.474. The summed E-state index contributed by atoms with van der Waals surface area (Å²) in [6, 6.07) is 5.26. The van der Waals surface area contributed by atoms with E-state index in [0.717, 1.165) is 6.07 Å². The predicted molar refractivity (Wildman–Crippen MR) is 65.8 cm³/mol. The van der Waals surface area contributed by atoms with E-state index in [4.69, 9.17) is 5.11 Å². The van der Waals surface area contributed by atoms with Gasteiger partial charge >= 0.3 is 57.4 Å². The van der Waals surface area contributed by atoms with Crippen molar-refractivity contribution < 1.29 is 74.3 Å². The molecule has 2 rings (SSSR count). The van der Waals surface area contributed by atoms with Crippen LogP contribution >= 0.6 is 0 Å². The number of nitrogens with zero attached hydrogens (tertiary/aromatic N) is 3. The minimum atomic E-state index is -4.56. The molecule has 0 aliphatic rings. The molecule has 0 bridgehead atoms. The Hall–Kier alpha value is -0.624. The molecule has 0 fully saturated rings. The molecule has 0 aliphatic carbocycles. The van der Waals surface area contributed by atoms with E-state index in [1.54, 1.807) is 6.92 Å². The molecule has 1 aromatic heterocycles. The Bertz CT molecular complexity index is 772. The van der Waals surface area contributed by atoms with Crippen LogP contribution in [0.3, 0.4) is 0 Å². The van der Waals surface area contributed by atoms with Crippen LogP contribution in [-0.4, -0.2) is 38.8 Å². The van der Waals surface area contributed by atoms with Gasteiger partial charge in [0.15, 0.2) is 5.82 Å². The second-order valence-electron chi connectivity index (χ2n) is 4.02. The molecule has 8 nitrogen and oxygen atoms in total. The molecule has 1 aromatic carbocycles. The summed E-state index contributed by atoms with van der Waals surface area (Å²) in [7, 11) is -4.56. The Morgan fingerprint density at radius 3 is 2.67 bits per heavy atom. The van der Waals surface area contributed by atoms with E-state index >= 15 is 0 Å². The zero-order valence-corrected chi connectivity index (χ0v) is 15.3. The summed E-state index contributed by atoms with van der Waals surface area (Å²) >= 11 is 0. The monoisotopic (exact) mass is 335 g/mol. The third-order valence-corrected chi connectivity index (χ3v) is 3.35. The molecule has 106 valence electrons. The number of hydrogen-bond donors (Lipinski definition) is 1. The summed E-state index contributed by atoms with van der Waals surface area (Å²) in [5.74, 6) is -0.535. The first kappa shape index (κ1) is 18.4. The van der Waals surface area contributed by atoms with Crippen molar-refractivity contribution in [3.8, 4) is 11.4 Å². The molecular formula is C11H10KN3O5S. The van der Waals surface area contributed by atoms with Gasteiger partial charge in [-0.25, -0.2) is 18.1 Å². The van der Waals surface area contributed by atoms with Crippen molar-refractivity contribution in [1.29, 1.82) is 0 Å².